The van der Waals surface area contributed by atoms with Crippen molar-refractivity contribution in [3.05, 3.63) is 65.2 Å². The number of benzene rings is 2. The van der Waals surface area contributed by atoms with Gasteiger partial charge in [0.2, 0.25) is 0 Å². The number of sulfone groups is 1. The Hall–Kier alpha value is -2.15. The number of ketones is 1. The molecule has 1 aliphatic rings. The zero-order valence-corrected chi connectivity index (χ0v) is 11.8. The first kappa shape index (κ1) is 14.8. The van der Waals surface area contributed by atoms with E-state index in [1.54, 1.807) is 18.2 Å². The number of carbonyl (C=O) groups excluding carboxylic acids is 1. The summed E-state index contributed by atoms with van der Waals surface area (Å²) in [6.45, 7) is 0. The Morgan fingerprint density at radius 2 is 1.59 bits per heavy atom. The molecule has 2 aromatic rings. The maximum absolute atomic E-state index is 12.7. The highest BCUT2D eigenvalue weighted by Gasteiger charge is 2.46. The summed E-state index contributed by atoms with van der Waals surface area (Å²) in [7, 11) is -4.03. The Labute approximate surface area is 124 Å². The van der Waals surface area contributed by atoms with Gasteiger partial charge < -0.3 is 0 Å². The average molecular weight is 326 g/mol. The lowest BCUT2D eigenvalue weighted by atomic mass is 10.0. The first-order valence-corrected chi connectivity index (χ1v) is 7.82. The second-order valence-electron chi connectivity index (χ2n) is 4.91. The molecule has 0 N–H and O–H groups in total. The maximum Gasteiger partial charge on any atom is 0.416 e. The molecule has 1 heterocycles. The zero-order chi connectivity index (χ0) is 16.1. The molecule has 0 radical (unpaired) electrons. The minimum atomic E-state index is -4.64. The van der Waals surface area contributed by atoms with Gasteiger partial charge in [0, 0.05) is 5.56 Å². The van der Waals surface area contributed by atoms with Crippen molar-refractivity contribution in [1.29, 1.82) is 0 Å². The molecular formula is C15H9F3O3S. The van der Waals surface area contributed by atoms with Crippen LogP contribution in [0.2, 0.25) is 0 Å². The second kappa shape index (κ2) is 4.67. The number of hydrogen-bond acceptors (Lipinski definition) is 3. The van der Waals surface area contributed by atoms with E-state index < -0.39 is 38.2 Å². The second-order valence-corrected chi connectivity index (χ2v) is 6.91. The molecule has 0 aromatic heterocycles. The number of rotatable bonds is 1. The first-order chi connectivity index (χ1) is 10.2. The lowest BCUT2D eigenvalue weighted by Gasteiger charge is -2.07. The van der Waals surface area contributed by atoms with Crippen molar-refractivity contribution < 1.29 is 26.4 Å². The summed E-state index contributed by atoms with van der Waals surface area (Å²) in [5.74, 6) is -0.827. The summed E-state index contributed by atoms with van der Waals surface area (Å²) in [6.07, 6.45) is -4.64. The largest absolute Gasteiger partial charge is 0.416 e. The molecule has 7 heteroatoms. The summed E-state index contributed by atoms with van der Waals surface area (Å²) in [5, 5.41) is -1.48. The lowest BCUT2D eigenvalue weighted by molar-refractivity contribution is -0.137. The van der Waals surface area contributed by atoms with Crippen molar-refractivity contribution >= 4 is 15.6 Å². The Morgan fingerprint density at radius 3 is 2.18 bits per heavy atom. The van der Waals surface area contributed by atoms with E-state index in [1.165, 1.54) is 12.1 Å². The van der Waals surface area contributed by atoms with Gasteiger partial charge in [0.15, 0.2) is 20.9 Å². The smallest absolute Gasteiger partial charge is 0.292 e. The standard InChI is InChI=1S/C15H9F3O3S/c16-15(17,18)10-6-7-12-11(8-10)13(19)14(22(12,20)21)9-4-2-1-3-5-9/h1-8,14H/t14-/m0/s1. The number of carbonyl (C=O) groups is 1. The van der Waals surface area contributed by atoms with Crippen LogP contribution in [0.5, 0.6) is 0 Å². The summed E-state index contributed by atoms with van der Waals surface area (Å²) in [6, 6.07) is 9.88. The van der Waals surface area contributed by atoms with Crippen LogP contribution in [0.3, 0.4) is 0 Å². The van der Waals surface area contributed by atoms with E-state index in [-0.39, 0.29) is 10.5 Å². The maximum atomic E-state index is 12.7. The number of Topliss-reactive ketones (excluding diaryl/α,β-unsaturated/α-hetero) is 1. The van der Waals surface area contributed by atoms with Gasteiger partial charge in [0.1, 0.15) is 0 Å². The van der Waals surface area contributed by atoms with Gasteiger partial charge in [-0.1, -0.05) is 30.3 Å². The van der Waals surface area contributed by atoms with Gasteiger partial charge in [-0.15, -0.1) is 0 Å². The van der Waals surface area contributed by atoms with Crippen molar-refractivity contribution in [3.63, 3.8) is 0 Å². The van der Waals surface area contributed by atoms with Crippen LogP contribution in [0.4, 0.5) is 13.2 Å². The Balaban J connectivity index is 2.19. The summed E-state index contributed by atoms with van der Waals surface area (Å²) < 4.78 is 63.1. The SMILES string of the molecule is O=C1c2cc(C(F)(F)F)ccc2S(=O)(=O)[C@H]1c1ccccc1. The van der Waals surface area contributed by atoms with Gasteiger partial charge >= 0.3 is 6.18 Å². The van der Waals surface area contributed by atoms with Crippen molar-refractivity contribution in [2.75, 3.05) is 0 Å². The Kier molecular flexibility index (Phi) is 3.14. The van der Waals surface area contributed by atoms with Gasteiger partial charge in [-0.05, 0) is 23.8 Å². The zero-order valence-electron chi connectivity index (χ0n) is 11.0. The van der Waals surface area contributed by atoms with Crippen LogP contribution in [0.1, 0.15) is 26.7 Å². The normalized spacial score (nSPS) is 20.0. The van der Waals surface area contributed by atoms with Crippen LogP contribution in [0.15, 0.2) is 53.4 Å². The molecule has 0 saturated heterocycles. The molecule has 3 rings (SSSR count). The summed E-state index contributed by atoms with van der Waals surface area (Å²) in [5.41, 5.74) is -1.19. The van der Waals surface area contributed by atoms with Gasteiger partial charge in [0.25, 0.3) is 0 Å². The summed E-state index contributed by atoms with van der Waals surface area (Å²) in [4.78, 5) is 12.0. The Morgan fingerprint density at radius 1 is 0.955 bits per heavy atom. The summed E-state index contributed by atoms with van der Waals surface area (Å²) >= 11 is 0. The van der Waals surface area contributed by atoms with Gasteiger partial charge in [0.05, 0.1) is 10.5 Å². The molecule has 0 spiro atoms. The predicted molar refractivity (Wildman–Crippen MR) is 72.1 cm³/mol. The van der Waals surface area contributed by atoms with Gasteiger partial charge in [-0.25, -0.2) is 8.42 Å². The average Bonchev–Trinajstić information content (AvgIpc) is 2.66. The highest BCUT2D eigenvalue weighted by Crippen LogP contribution is 2.42. The van der Waals surface area contributed by atoms with Crippen LogP contribution in [-0.4, -0.2) is 14.2 Å². The molecule has 0 bridgehead atoms. The quantitative estimate of drug-likeness (QED) is 0.807. The van der Waals surface area contributed by atoms with Crippen molar-refractivity contribution in [3.8, 4) is 0 Å². The third kappa shape index (κ3) is 2.12. The van der Waals surface area contributed by atoms with E-state index in [9.17, 15) is 26.4 Å². The predicted octanol–water partition coefficient (Wildman–Crippen LogP) is 3.42. The fraction of sp³-hybridized carbons (Fsp3) is 0.133. The van der Waals surface area contributed by atoms with E-state index in [0.29, 0.717) is 12.1 Å². The fourth-order valence-corrected chi connectivity index (χ4v) is 4.42. The van der Waals surface area contributed by atoms with Gasteiger partial charge in [-0.3, -0.25) is 4.79 Å². The van der Waals surface area contributed by atoms with Gasteiger partial charge in [-0.2, -0.15) is 13.2 Å². The van der Waals surface area contributed by atoms with Crippen LogP contribution in [-0.2, 0) is 16.0 Å². The molecule has 0 saturated carbocycles. The lowest BCUT2D eigenvalue weighted by Crippen LogP contribution is -2.13. The van der Waals surface area contributed by atoms with Crippen LogP contribution < -0.4 is 0 Å². The first-order valence-electron chi connectivity index (χ1n) is 6.27. The number of alkyl halides is 3. The fourth-order valence-electron chi connectivity index (χ4n) is 2.51. The molecule has 1 aliphatic heterocycles. The van der Waals surface area contributed by atoms with E-state index in [4.69, 9.17) is 0 Å². The van der Waals surface area contributed by atoms with Crippen molar-refractivity contribution in [1.82, 2.24) is 0 Å². The van der Waals surface area contributed by atoms with E-state index in [1.807, 2.05) is 0 Å². The third-order valence-corrected chi connectivity index (χ3v) is 5.61. The number of hydrogen-bond donors (Lipinski definition) is 0. The van der Waals surface area contributed by atoms with Crippen LogP contribution >= 0.6 is 0 Å². The molecular weight excluding hydrogens is 317 g/mol. The highest BCUT2D eigenvalue weighted by molar-refractivity contribution is 7.93. The van der Waals surface area contributed by atoms with E-state index in [2.05, 4.69) is 0 Å². The highest BCUT2D eigenvalue weighted by atomic mass is 32.2. The molecule has 114 valence electrons. The van der Waals surface area contributed by atoms with Crippen LogP contribution in [0.25, 0.3) is 0 Å². The third-order valence-electron chi connectivity index (χ3n) is 3.53. The van der Waals surface area contributed by atoms with E-state index in [0.717, 1.165) is 6.07 Å². The molecule has 0 amide bonds. The number of halogens is 3. The van der Waals surface area contributed by atoms with Crippen molar-refractivity contribution in [2.45, 2.75) is 16.3 Å². The van der Waals surface area contributed by atoms with E-state index >= 15 is 0 Å². The Bertz CT molecular complexity index is 855. The van der Waals surface area contributed by atoms with Crippen molar-refractivity contribution in [2.24, 2.45) is 0 Å². The molecule has 2 aromatic carbocycles. The van der Waals surface area contributed by atoms with Crippen LogP contribution in [0, 0.1) is 0 Å². The molecule has 0 unspecified atom stereocenters. The monoisotopic (exact) mass is 326 g/mol. The molecule has 0 fully saturated rings. The number of fused-ring (bicyclic) bond motifs is 1. The minimum Gasteiger partial charge on any atom is -0.292 e. The topological polar surface area (TPSA) is 51.2 Å². The molecule has 3 nitrogen and oxygen atoms in total. The molecule has 1 atom stereocenters. The molecule has 0 aliphatic carbocycles. The minimum absolute atomic E-state index is 0.247. The molecule has 22 heavy (non-hydrogen) atoms.